The van der Waals surface area contributed by atoms with E-state index in [-0.39, 0.29) is 18.6 Å². The van der Waals surface area contributed by atoms with E-state index in [4.69, 9.17) is 0 Å². The second-order valence-corrected chi connectivity index (χ2v) is 7.43. The Morgan fingerprint density at radius 2 is 1.96 bits per heavy atom. The molecular weight excluding hydrogens is 406 g/mol. The fourth-order valence-corrected chi connectivity index (χ4v) is 2.94. The second kappa shape index (κ2) is 8.92. The summed E-state index contributed by atoms with van der Waals surface area (Å²) in [6.07, 6.45) is 3.49. The van der Waals surface area contributed by atoms with Crippen LogP contribution in [0.15, 0.2) is 59.3 Å². The highest BCUT2D eigenvalue weighted by molar-refractivity contribution is 9.10. The lowest BCUT2D eigenvalue weighted by Crippen LogP contribution is -2.30. The van der Waals surface area contributed by atoms with Gasteiger partial charge in [0, 0.05) is 34.2 Å². The molecule has 140 valence electrons. The molecule has 1 atom stereocenters. The molecule has 2 aromatic heterocycles. The largest absolute Gasteiger partial charge is 0.394 e. The van der Waals surface area contributed by atoms with E-state index in [2.05, 4.69) is 41.5 Å². The van der Waals surface area contributed by atoms with Crippen molar-refractivity contribution in [1.82, 2.24) is 15.0 Å². The number of aliphatic hydroxyl groups is 1. The molecule has 0 saturated carbocycles. The first-order valence-corrected chi connectivity index (χ1v) is 9.54. The Hall–Kier alpha value is -2.51. The van der Waals surface area contributed by atoms with Crippen molar-refractivity contribution in [3.8, 4) is 11.3 Å². The first-order chi connectivity index (χ1) is 13.0. The van der Waals surface area contributed by atoms with Gasteiger partial charge in [0.15, 0.2) is 0 Å². The molecule has 0 aliphatic carbocycles. The zero-order valence-corrected chi connectivity index (χ0v) is 16.8. The van der Waals surface area contributed by atoms with E-state index in [1.165, 1.54) is 0 Å². The van der Waals surface area contributed by atoms with Crippen LogP contribution in [-0.4, -0.2) is 32.7 Å². The molecule has 0 spiro atoms. The molecule has 3 aromatic rings. The Labute approximate surface area is 167 Å². The van der Waals surface area contributed by atoms with Gasteiger partial charge in [-0.05, 0) is 36.2 Å². The van der Waals surface area contributed by atoms with Crippen LogP contribution in [0.4, 0.5) is 17.5 Å². The summed E-state index contributed by atoms with van der Waals surface area (Å²) in [6, 6.07) is 13.4. The predicted octanol–water partition coefficient (Wildman–Crippen LogP) is 4.47. The number of rotatable bonds is 7. The van der Waals surface area contributed by atoms with Crippen LogP contribution in [0.1, 0.15) is 13.8 Å². The average molecular weight is 428 g/mol. The molecule has 1 aromatic carbocycles. The number of nitrogens with zero attached hydrogens (tertiary/aromatic N) is 3. The highest BCUT2D eigenvalue weighted by Crippen LogP contribution is 2.25. The zero-order chi connectivity index (χ0) is 19.2. The van der Waals surface area contributed by atoms with Crippen LogP contribution < -0.4 is 10.6 Å². The molecule has 3 rings (SSSR count). The number of aromatic nitrogens is 3. The van der Waals surface area contributed by atoms with Crippen LogP contribution in [0.2, 0.25) is 0 Å². The molecule has 0 saturated heterocycles. The fraction of sp³-hybridized carbons (Fsp3) is 0.250. The Bertz CT molecular complexity index is 889. The summed E-state index contributed by atoms with van der Waals surface area (Å²) in [4.78, 5) is 13.4. The zero-order valence-electron chi connectivity index (χ0n) is 15.2. The van der Waals surface area contributed by atoms with E-state index in [1.54, 1.807) is 12.4 Å². The highest BCUT2D eigenvalue weighted by atomic mass is 79.9. The first kappa shape index (κ1) is 19.3. The monoisotopic (exact) mass is 427 g/mol. The average Bonchev–Trinajstić information content (AvgIpc) is 2.66. The smallest absolute Gasteiger partial charge is 0.225 e. The minimum atomic E-state index is -0.132. The van der Waals surface area contributed by atoms with E-state index in [0.29, 0.717) is 11.8 Å². The summed E-state index contributed by atoms with van der Waals surface area (Å²) in [6.45, 7) is 4.09. The number of nitrogens with one attached hydrogen (secondary N) is 2. The summed E-state index contributed by atoms with van der Waals surface area (Å²) >= 11 is 3.48. The third kappa shape index (κ3) is 5.24. The summed E-state index contributed by atoms with van der Waals surface area (Å²) in [5, 5.41) is 16.2. The molecule has 0 unspecified atom stereocenters. The van der Waals surface area contributed by atoms with E-state index in [0.717, 1.165) is 21.4 Å². The number of pyridine rings is 1. The van der Waals surface area contributed by atoms with Gasteiger partial charge in [-0.3, -0.25) is 4.98 Å². The quantitative estimate of drug-likeness (QED) is 0.515. The molecular formula is C20H22BrN5O. The lowest BCUT2D eigenvalue weighted by atomic mass is 10.1. The molecule has 27 heavy (non-hydrogen) atoms. The molecule has 2 heterocycles. The molecule has 0 fully saturated rings. The van der Waals surface area contributed by atoms with Crippen molar-refractivity contribution in [2.24, 2.45) is 5.92 Å². The van der Waals surface area contributed by atoms with Gasteiger partial charge in [0.2, 0.25) is 5.95 Å². The summed E-state index contributed by atoms with van der Waals surface area (Å²) in [7, 11) is 0. The minimum absolute atomic E-state index is 0.00649. The van der Waals surface area contributed by atoms with Gasteiger partial charge >= 0.3 is 0 Å². The van der Waals surface area contributed by atoms with Crippen molar-refractivity contribution < 1.29 is 5.11 Å². The Balaban J connectivity index is 1.97. The number of hydrogen-bond acceptors (Lipinski definition) is 6. The van der Waals surface area contributed by atoms with Crippen molar-refractivity contribution in [2.45, 2.75) is 19.9 Å². The van der Waals surface area contributed by atoms with Gasteiger partial charge in [-0.25, -0.2) is 4.98 Å². The van der Waals surface area contributed by atoms with Crippen molar-refractivity contribution in [3.63, 3.8) is 0 Å². The van der Waals surface area contributed by atoms with E-state index < -0.39 is 0 Å². The van der Waals surface area contributed by atoms with Crippen molar-refractivity contribution >= 4 is 33.4 Å². The van der Waals surface area contributed by atoms with Crippen LogP contribution in [0, 0.1) is 5.92 Å². The maximum atomic E-state index is 9.63. The third-order valence-corrected chi connectivity index (χ3v) is 4.59. The SMILES string of the molecule is CC(C)[C@H](CO)Nc1nc(Nc2cccc(Br)c2)cc(-c2cccnc2)n1. The first-order valence-electron chi connectivity index (χ1n) is 8.74. The van der Waals surface area contributed by atoms with Crippen LogP contribution >= 0.6 is 15.9 Å². The molecule has 6 nitrogen and oxygen atoms in total. The molecule has 7 heteroatoms. The van der Waals surface area contributed by atoms with Gasteiger partial charge in [-0.1, -0.05) is 35.8 Å². The molecule has 3 N–H and O–H groups in total. The molecule has 0 radical (unpaired) electrons. The third-order valence-electron chi connectivity index (χ3n) is 4.10. The maximum Gasteiger partial charge on any atom is 0.225 e. The topological polar surface area (TPSA) is 83.0 Å². The number of benzene rings is 1. The predicted molar refractivity (Wildman–Crippen MR) is 112 cm³/mol. The van der Waals surface area contributed by atoms with Gasteiger partial charge in [0.25, 0.3) is 0 Å². The highest BCUT2D eigenvalue weighted by Gasteiger charge is 2.15. The summed E-state index contributed by atoms with van der Waals surface area (Å²) < 4.78 is 0.979. The van der Waals surface area contributed by atoms with Gasteiger partial charge in [0.05, 0.1) is 18.3 Å². The van der Waals surface area contributed by atoms with Gasteiger partial charge in [-0.15, -0.1) is 0 Å². The molecule has 0 bridgehead atoms. The van der Waals surface area contributed by atoms with Gasteiger partial charge in [0.1, 0.15) is 5.82 Å². The Kier molecular flexibility index (Phi) is 6.36. The Morgan fingerprint density at radius 3 is 2.63 bits per heavy atom. The molecule has 0 aliphatic heterocycles. The second-order valence-electron chi connectivity index (χ2n) is 6.52. The van der Waals surface area contributed by atoms with Crippen LogP contribution in [0.3, 0.4) is 0 Å². The van der Waals surface area contributed by atoms with E-state index in [1.807, 2.05) is 56.3 Å². The summed E-state index contributed by atoms with van der Waals surface area (Å²) in [5.41, 5.74) is 2.55. The number of hydrogen-bond donors (Lipinski definition) is 3. The van der Waals surface area contributed by atoms with Crippen LogP contribution in [0.25, 0.3) is 11.3 Å². The van der Waals surface area contributed by atoms with Crippen molar-refractivity contribution in [3.05, 3.63) is 59.3 Å². The molecule has 0 aliphatic rings. The number of halogens is 1. The van der Waals surface area contributed by atoms with Crippen LogP contribution in [0.5, 0.6) is 0 Å². The normalized spacial score (nSPS) is 12.0. The number of anilines is 3. The fourth-order valence-electron chi connectivity index (χ4n) is 2.54. The minimum Gasteiger partial charge on any atom is -0.394 e. The van der Waals surface area contributed by atoms with Gasteiger partial charge in [-0.2, -0.15) is 4.98 Å². The lowest BCUT2D eigenvalue weighted by Gasteiger charge is -2.20. The molecule has 0 amide bonds. The van der Waals surface area contributed by atoms with Gasteiger partial charge < -0.3 is 15.7 Å². The lowest BCUT2D eigenvalue weighted by molar-refractivity contribution is 0.248. The summed E-state index contributed by atoms with van der Waals surface area (Å²) in [5.74, 6) is 1.36. The standard InChI is InChI=1S/C20H22BrN5O/c1-13(2)18(12-27)25-20-24-17(14-5-4-8-22-11-14)10-19(26-20)23-16-7-3-6-15(21)9-16/h3-11,13,18,27H,12H2,1-2H3,(H2,23,24,25,26)/t18-/m0/s1. The Morgan fingerprint density at radius 1 is 1.11 bits per heavy atom. The van der Waals surface area contributed by atoms with Crippen molar-refractivity contribution in [2.75, 3.05) is 17.2 Å². The number of aliphatic hydroxyl groups excluding tert-OH is 1. The van der Waals surface area contributed by atoms with E-state index >= 15 is 0 Å². The van der Waals surface area contributed by atoms with Crippen LogP contribution in [-0.2, 0) is 0 Å². The maximum absolute atomic E-state index is 9.63. The van der Waals surface area contributed by atoms with E-state index in [9.17, 15) is 5.11 Å². The van der Waals surface area contributed by atoms with Crippen molar-refractivity contribution in [1.29, 1.82) is 0 Å².